The minimum absolute atomic E-state index is 0.664. The van der Waals surface area contributed by atoms with Crippen molar-refractivity contribution < 1.29 is 0 Å². The van der Waals surface area contributed by atoms with Crippen LogP contribution in [-0.2, 0) is 6.42 Å². The van der Waals surface area contributed by atoms with Crippen LogP contribution in [-0.4, -0.2) is 15.0 Å². The first-order chi connectivity index (χ1) is 25.8. The molecular formula is C48H29N3S. The second-order valence-electron chi connectivity index (χ2n) is 13.5. The zero-order valence-corrected chi connectivity index (χ0v) is 28.9. The molecule has 2 aromatic heterocycles. The van der Waals surface area contributed by atoms with Crippen molar-refractivity contribution in [1.29, 1.82) is 0 Å². The molecule has 242 valence electrons. The van der Waals surface area contributed by atoms with Crippen molar-refractivity contribution >= 4 is 53.1 Å². The average molecular weight is 680 g/mol. The predicted octanol–water partition coefficient (Wildman–Crippen LogP) is 12.8. The largest absolute Gasteiger partial charge is 0.208 e. The van der Waals surface area contributed by atoms with Gasteiger partial charge < -0.3 is 0 Å². The van der Waals surface area contributed by atoms with Crippen molar-refractivity contribution in [2.75, 3.05) is 0 Å². The molecule has 3 nitrogen and oxygen atoms in total. The van der Waals surface area contributed by atoms with E-state index in [0.29, 0.717) is 17.5 Å². The minimum Gasteiger partial charge on any atom is -0.208 e. The first kappa shape index (κ1) is 29.3. The Morgan fingerprint density at radius 2 is 0.942 bits per heavy atom. The number of rotatable bonds is 4. The van der Waals surface area contributed by atoms with Crippen LogP contribution >= 0.6 is 11.3 Å². The number of benzene rings is 8. The summed E-state index contributed by atoms with van der Waals surface area (Å²) in [6, 6.07) is 58.6. The lowest BCUT2D eigenvalue weighted by Gasteiger charge is -2.14. The first-order valence-corrected chi connectivity index (χ1v) is 18.5. The molecule has 0 atom stereocenters. The van der Waals surface area contributed by atoms with Crippen molar-refractivity contribution in [2.45, 2.75) is 6.42 Å². The molecule has 2 heterocycles. The van der Waals surface area contributed by atoms with Gasteiger partial charge in [0.1, 0.15) is 0 Å². The second kappa shape index (κ2) is 11.5. The van der Waals surface area contributed by atoms with E-state index < -0.39 is 0 Å². The standard InChI is InChI=1S/C48H29N3S/c1-2-11-29(12-3-1)33-22-25-41(35-16-7-6-15-34(33)35)48-50-46(31-21-26-45-43(28-31)39-17-8-9-20-44(39)52-45)49-47(51-48)40-19-10-18-36-38(40)24-23-37-32-14-5-4-13-30(32)27-42(36)37/h1-26,28H,27H2. The minimum atomic E-state index is 0.664. The Hall–Kier alpha value is -6.49. The predicted molar refractivity (Wildman–Crippen MR) is 218 cm³/mol. The number of thiophene rings is 1. The molecule has 0 amide bonds. The summed E-state index contributed by atoms with van der Waals surface area (Å²) in [6.07, 6.45) is 0.925. The highest BCUT2D eigenvalue weighted by Crippen LogP contribution is 2.43. The Bertz CT molecular complexity index is 3050. The first-order valence-electron chi connectivity index (χ1n) is 17.7. The molecule has 0 unspecified atom stereocenters. The van der Waals surface area contributed by atoms with Crippen LogP contribution in [0.5, 0.6) is 0 Å². The van der Waals surface area contributed by atoms with Gasteiger partial charge in [0.2, 0.25) is 0 Å². The molecule has 0 radical (unpaired) electrons. The van der Waals surface area contributed by atoms with Gasteiger partial charge in [-0.1, -0.05) is 133 Å². The van der Waals surface area contributed by atoms with E-state index in [0.717, 1.165) is 33.9 Å². The molecule has 1 aliphatic rings. The van der Waals surface area contributed by atoms with Crippen LogP contribution in [0.4, 0.5) is 0 Å². The maximum Gasteiger partial charge on any atom is 0.164 e. The van der Waals surface area contributed by atoms with Crippen LogP contribution in [0.3, 0.4) is 0 Å². The third-order valence-electron chi connectivity index (χ3n) is 10.6. The average Bonchev–Trinajstić information content (AvgIpc) is 3.79. The maximum atomic E-state index is 5.32. The summed E-state index contributed by atoms with van der Waals surface area (Å²) < 4.78 is 2.54. The summed E-state index contributed by atoms with van der Waals surface area (Å²) in [5, 5.41) is 7.16. The highest BCUT2D eigenvalue weighted by Gasteiger charge is 2.23. The quantitative estimate of drug-likeness (QED) is 0.186. The summed E-state index contributed by atoms with van der Waals surface area (Å²) in [5.41, 5.74) is 10.7. The molecule has 10 aromatic rings. The Balaban J connectivity index is 1.15. The molecule has 8 aromatic carbocycles. The Morgan fingerprint density at radius 3 is 1.81 bits per heavy atom. The third-order valence-corrected chi connectivity index (χ3v) is 11.8. The van der Waals surface area contributed by atoms with Gasteiger partial charge in [-0.3, -0.25) is 0 Å². The molecule has 1 aliphatic carbocycles. The van der Waals surface area contributed by atoms with E-state index in [9.17, 15) is 0 Å². The van der Waals surface area contributed by atoms with Gasteiger partial charge in [-0.2, -0.15) is 0 Å². The highest BCUT2D eigenvalue weighted by molar-refractivity contribution is 7.25. The number of hydrogen-bond acceptors (Lipinski definition) is 4. The van der Waals surface area contributed by atoms with Crippen molar-refractivity contribution in [2.24, 2.45) is 0 Å². The summed E-state index contributed by atoms with van der Waals surface area (Å²) >= 11 is 1.82. The number of fused-ring (bicyclic) bond motifs is 9. The van der Waals surface area contributed by atoms with Crippen LogP contribution in [0.25, 0.3) is 98.1 Å². The fraction of sp³-hybridized carbons (Fsp3) is 0.0208. The lowest BCUT2D eigenvalue weighted by Crippen LogP contribution is -2.01. The van der Waals surface area contributed by atoms with E-state index in [1.807, 2.05) is 11.3 Å². The molecule has 0 saturated heterocycles. The van der Waals surface area contributed by atoms with Crippen LogP contribution in [0.15, 0.2) is 164 Å². The van der Waals surface area contributed by atoms with Gasteiger partial charge in [-0.15, -0.1) is 11.3 Å². The maximum absolute atomic E-state index is 5.32. The van der Waals surface area contributed by atoms with Gasteiger partial charge in [0.25, 0.3) is 0 Å². The van der Waals surface area contributed by atoms with Gasteiger partial charge in [-0.05, 0) is 91.7 Å². The molecule has 0 spiro atoms. The Morgan fingerprint density at radius 1 is 0.346 bits per heavy atom. The van der Waals surface area contributed by atoms with Crippen molar-refractivity contribution in [3.8, 4) is 56.4 Å². The Kier molecular flexibility index (Phi) is 6.48. The van der Waals surface area contributed by atoms with Crippen molar-refractivity contribution in [3.63, 3.8) is 0 Å². The molecule has 0 N–H and O–H groups in total. The van der Waals surface area contributed by atoms with Gasteiger partial charge in [0, 0.05) is 36.9 Å². The lowest BCUT2D eigenvalue weighted by molar-refractivity contribution is 1.08. The molecule has 4 heteroatoms. The van der Waals surface area contributed by atoms with Gasteiger partial charge in [0.15, 0.2) is 17.5 Å². The zero-order valence-electron chi connectivity index (χ0n) is 28.0. The van der Waals surface area contributed by atoms with Crippen molar-refractivity contribution in [1.82, 2.24) is 15.0 Å². The second-order valence-corrected chi connectivity index (χ2v) is 14.6. The lowest BCUT2D eigenvalue weighted by atomic mass is 9.94. The molecule has 0 aliphatic heterocycles. The van der Waals surface area contributed by atoms with Crippen LogP contribution in [0, 0.1) is 0 Å². The van der Waals surface area contributed by atoms with E-state index in [4.69, 9.17) is 15.0 Å². The number of hydrogen-bond donors (Lipinski definition) is 0. The third kappa shape index (κ3) is 4.55. The normalized spacial score (nSPS) is 12.2. The summed E-state index contributed by atoms with van der Waals surface area (Å²) in [7, 11) is 0. The number of aromatic nitrogens is 3. The smallest absolute Gasteiger partial charge is 0.164 e. The molecule has 11 rings (SSSR count). The summed E-state index contributed by atoms with van der Waals surface area (Å²) in [4.78, 5) is 15.9. The Labute approximate surface area is 304 Å². The fourth-order valence-corrected chi connectivity index (χ4v) is 9.25. The molecule has 0 fully saturated rings. The highest BCUT2D eigenvalue weighted by atomic mass is 32.1. The fourth-order valence-electron chi connectivity index (χ4n) is 8.16. The topological polar surface area (TPSA) is 38.7 Å². The van der Waals surface area contributed by atoms with Crippen LogP contribution < -0.4 is 0 Å². The van der Waals surface area contributed by atoms with Gasteiger partial charge in [0.05, 0.1) is 0 Å². The molecular weight excluding hydrogens is 651 g/mol. The number of nitrogens with zero attached hydrogens (tertiary/aromatic N) is 3. The van der Waals surface area contributed by atoms with Crippen molar-refractivity contribution in [3.05, 3.63) is 175 Å². The van der Waals surface area contributed by atoms with Gasteiger partial charge >= 0.3 is 0 Å². The van der Waals surface area contributed by atoms with Crippen LogP contribution in [0.1, 0.15) is 11.1 Å². The van der Waals surface area contributed by atoms with E-state index in [-0.39, 0.29) is 0 Å². The summed E-state index contributed by atoms with van der Waals surface area (Å²) in [5.74, 6) is 2.00. The summed E-state index contributed by atoms with van der Waals surface area (Å²) in [6.45, 7) is 0. The van der Waals surface area contributed by atoms with E-state index in [2.05, 4.69) is 164 Å². The molecule has 0 saturated carbocycles. The monoisotopic (exact) mass is 679 g/mol. The SMILES string of the molecule is c1ccc(-c2ccc(-c3nc(-c4ccc5sc6ccccc6c5c4)nc(-c4cccc5c6c(ccc45)-c4ccccc4C6)n3)c3ccccc23)cc1. The van der Waals surface area contributed by atoms with E-state index in [1.54, 1.807) is 0 Å². The van der Waals surface area contributed by atoms with E-state index in [1.165, 1.54) is 64.3 Å². The van der Waals surface area contributed by atoms with E-state index >= 15 is 0 Å². The van der Waals surface area contributed by atoms with Crippen LogP contribution in [0.2, 0.25) is 0 Å². The molecule has 52 heavy (non-hydrogen) atoms. The zero-order chi connectivity index (χ0) is 34.2. The molecule has 0 bridgehead atoms. The van der Waals surface area contributed by atoms with Gasteiger partial charge in [-0.25, -0.2) is 15.0 Å².